The van der Waals surface area contributed by atoms with E-state index >= 15 is 0 Å². The second-order valence-electron chi connectivity index (χ2n) is 4.09. The quantitative estimate of drug-likeness (QED) is 0.670. The van der Waals surface area contributed by atoms with Gasteiger partial charge in [-0.2, -0.15) is 0 Å². The summed E-state index contributed by atoms with van der Waals surface area (Å²) in [6.45, 7) is 2.61. The summed E-state index contributed by atoms with van der Waals surface area (Å²) in [6, 6.07) is 4.69. The molecule has 0 atom stereocenters. The van der Waals surface area contributed by atoms with Gasteiger partial charge >= 0.3 is 5.97 Å². The topological polar surface area (TPSA) is 78.4 Å². The Labute approximate surface area is 106 Å². The third-order valence-corrected chi connectivity index (χ3v) is 2.59. The van der Waals surface area contributed by atoms with E-state index in [1.807, 2.05) is 14.0 Å². The van der Waals surface area contributed by atoms with Gasteiger partial charge in [0.1, 0.15) is 0 Å². The molecule has 0 heterocycles. The van der Waals surface area contributed by atoms with Crippen LogP contribution in [0.2, 0.25) is 0 Å². The Morgan fingerprint density at radius 3 is 2.67 bits per heavy atom. The van der Waals surface area contributed by atoms with E-state index in [0.29, 0.717) is 12.1 Å². The van der Waals surface area contributed by atoms with Crippen LogP contribution in [-0.4, -0.2) is 30.6 Å². The molecule has 0 spiro atoms. The molecule has 0 fully saturated rings. The average Bonchev–Trinajstić information content (AvgIpc) is 2.32. The molecular formula is C13H18N2O3. The first-order chi connectivity index (χ1) is 8.54. The van der Waals surface area contributed by atoms with Crippen molar-refractivity contribution in [1.29, 1.82) is 0 Å². The number of carboxylic acids is 1. The second-order valence-corrected chi connectivity index (χ2v) is 4.09. The normalized spacial score (nSPS) is 10.1. The number of hydrogen-bond acceptors (Lipinski definition) is 3. The molecule has 0 aliphatic rings. The zero-order valence-electron chi connectivity index (χ0n) is 10.6. The fourth-order valence-corrected chi connectivity index (χ4v) is 1.53. The average molecular weight is 250 g/mol. The molecule has 1 amide bonds. The van der Waals surface area contributed by atoms with E-state index in [4.69, 9.17) is 5.11 Å². The van der Waals surface area contributed by atoms with Gasteiger partial charge in [0.15, 0.2) is 0 Å². The predicted molar refractivity (Wildman–Crippen MR) is 69.9 cm³/mol. The third kappa shape index (κ3) is 4.18. The van der Waals surface area contributed by atoms with Crippen molar-refractivity contribution in [2.75, 3.05) is 18.9 Å². The minimum Gasteiger partial charge on any atom is -0.478 e. The standard InChI is InChI=1S/C13H18N2O3/c1-9-5-6-10(13(17)18)8-11(9)15-12(16)4-3-7-14-2/h5-6,8,14H,3-4,7H2,1-2H3,(H,15,16)(H,17,18). The van der Waals surface area contributed by atoms with Crippen LogP contribution < -0.4 is 10.6 Å². The van der Waals surface area contributed by atoms with Crippen LogP contribution in [0.3, 0.4) is 0 Å². The lowest BCUT2D eigenvalue weighted by Gasteiger charge is -2.09. The summed E-state index contributed by atoms with van der Waals surface area (Å²) in [7, 11) is 1.83. The lowest BCUT2D eigenvalue weighted by molar-refractivity contribution is -0.116. The molecule has 1 rings (SSSR count). The van der Waals surface area contributed by atoms with Gasteiger partial charge in [-0.3, -0.25) is 4.79 Å². The van der Waals surface area contributed by atoms with Gasteiger partial charge in [-0.25, -0.2) is 4.79 Å². The molecule has 1 aromatic carbocycles. The number of carboxylic acid groups (broad SMARTS) is 1. The van der Waals surface area contributed by atoms with Crippen LogP contribution >= 0.6 is 0 Å². The van der Waals surface area contributed by atoms with Crippen LogP contribution in [0.1, 0.15) is 28.8 Å². The van der Waals surface area contributed by atoms with Crippen LogP contribution in [0, 0.1) is 6.92 Å². The van der Waals surface area contributed by atoms with Crippen molar-refractivity contribution in [1.82, 2.24) is 5.32 Å². The first kappa shape index (κ1) is 14.2. The molecule has 0 radical (unpaired) electrons. The Morgan fingerprint density at radius 2 is 2.06 bits per heavy atom. The van der Waals surface area contributed by atoms with Gasteiger partial charge in [0.2, 0.25) is 5.91 Å². The lowest BCUT2D eigenvalue weighted by Crippen LogP contribution is -2.16. The van der Waals surface area contributed by atoms with Crippen LogP contribution in [0.15, 0.2) is 18.2 Å². The van der Waals surface area contributed by atoms with Crippen LogP contribution in [-0.2, 0) is 4.79 Å². The third-order valence-electron chi connectivity index (χ3n) is 2.59. The van der Waals surface area contributed by atoms with Crippen molar-refractivity contribution < 1.29 is 14.7 Å². The molecule has 0 bridgehead atoms. The molecule has 0 unspecified atom stereocenters. The van der Waals surface area contributed by atoms with Gasteiger partial charge in [-0.05, 0) is 44.6 Å². The maximum Gasteiger partial charge on any atom is 0.335 e. The number of anilines is 1. The zero-order chi connectivity index (χ0) is 13.5. The molecule has 0 aliphatic heterocycles. The smallest absolute Gasteiger partial charge is 0.335 e. The number of aryl methyl sites for hydroxylation is 1. The van der Waals surface area contributed by atoms with E-state index in [0.717, 1.165) is 18.5 Å². The van der Waals surface area contributed by atoms with E-state index in [2.05, 4.69) is 10.6 Å². The van der Waals surface area contributed by atoms with Crippen molar-refractivity contribution in [3.63, 3.8) is 0 Å². The van der Waals surface area contributed by atoms with Crippen molar-refractivity contribution in [2.45, 2.75) is 19.8 Å². The van der Waals surface area contributed by atoms with E-state index in [1.165, 1.54) is 12.1 Å². The van der Waals surface area contributed by atoms with Gasteiger partial charge in [-0.15, -0.1) is 0 Å². The zero-order valence-corrected chi connectivity index (χ0v) is 10.6. The number of amides is 1. The molecule has 0 aliphatic carbocycles. The van der Waals surface area contributed by atoms with Gasteiger partial charge < -0.3 is 15.7 Å². The molecule has 1 aromatic rings. The number of hydrogen-bond donors (Lipinski definition) is 3. The van der Waals surface area contributed by atoms with Crippen molar-refractivity contribution in [3.8, 4) is 0 Å². The van der Waals surface area contributed by atoms with E-state index in [9.17, 15) is 9.59 Å². The number of nitrogens with one attached hydrogen (secondary N) is 2. The summed E-state index contributed by atoms with van der Waals surface area (Å²) in [6.07, 6.45) is 1.16. The summed E-state index contributed by atoms with van der Waals surface area (Å²) in [4.78, 5) is 22.5. The molecule has 3 N–H and O–H groups in total. The SMILES string of the molecule is CNCCCC(=O)Nc1cc(C(=O)O)ccc1C. The highest BCUT2D eigenvalue weighted by Crippen LogP contribution is 2.17. The highest BCUT2D eigenvalue weighted by molar-refractivity contribution is 5.94. The largest absolute Gasteiger partial charge is 0.478 e. The fraction of sp³-hybridized carbons (Fsp3) is 0.385. The van der Waals surface area contributed by atoms with Gasteiger partial charge in [0.25, 0.3) is 0 Å². The minimum absolute atomic E-state index is 0.101. The molecule has 18 heavy (non-hydrogen) atoms. The van der Waals surface area contributed by atoms with Crippen LogP contribution in [0.4, 0.5) is 5.69 Å². The summed E-state index contributed by atoms with van der Waals surface area (Å²) < 4.78 is 0. The maximum atomic E-state index is 11.6. The molecule has 0 saturated carbocycles. The Morgan fingerprint density at radius 1 is 1.33 bits per heavy atom. The predicted octanol–water partition coefficient (Wildman–Crippen LogP) is 1.63. The molecule has 0 aromatic heterocycles. The van der Waals surface area contributed by atoms with E-state index in [-0.39, 0.29) is 11.5 Å². The lowest BCUT2D eigenvalue weighted by atomic mass is 10.1. The molecule has 98 valence electrons. The molecular weight excluding hydrogens is 232 g/mol. The van der Waals surface area contributed by atoms with Crippen molar-refractivity contribution >= 4 is 17.6 Å². The molecule has 5 heteroatoms. The van der Waals surface area contributed by atoms with Gasteiger partial charge in [0, 0.05) is 12.1 Å². The Balaban J connectivity index is 2.68. The first-order valence-corrected chi connectivity index (χ1v) is 5.83. The number of aromatic carboxylic acids is 1. The number of carbonyl (C=O) groups excluding carboxylic acids is 1. The number of rotatable bonds is 6. The molecule has 5 nitrogen and oxygen atoms in total. The summed E-state index contributed by atoms with van der Waals surface area (Å²) in [5.74, 6) is -1.10. The summed E-state index contributed by atoms with van der Waals surface area (Å²) in [5, 5.41) is 14.6. The fourth-order valence-electron chi connectivity index (χ4n) is 1.53. The summed E-state index contributed by atoms with van der Waals surface area (Å²) >= 11 is 0. The Bertz CT molecular complexity index is 444. The van der Waals surface area contributed by atoms with Gasteiger partial charge in [0.05, 0.1) is 5.56 Å². The number of benzene rings is 1. The van der Waals surface area contributed by atoms with E-state index in [1.54, 1.807) is 6.07 Å². The Kier molecular flexibility index (Phi) is 5.32. The highest BCUT2D eigenvalue weighted by Gasteiger charge is 2.08. The monoisotopic (exact) mass is 250 g/mol. The van der Waals surface area contributed by atoms with Crippen LogP contribution in [0.25, 0.3) is 0 Å². The number of carbonyl (C=O) groups is 2. The molecule has 0 saturated heterocycles. The van der Waals surface area contributed by atoms with E-state index < -0.39 is 5.97 Å². The highest BCUT2D eigenvalue weighted by atomic mass is 16.4. The van der Waals surface area contributed by atoms with Crippen LogP contribution in [0.5, 0.6) is 0 Å². The summed E-state index contributed by atoms with van der Waals surface area (Å²) in [5.41, 5.74) is 1.58. The van der Waals surface area contributed by atoms with Crippen molar-refractivity contribution in [2.24, 2.45) is 0 Å². The van der Waals surface area contributed by atoms with Crippen molar-refractivity contribution in [3.05, 3.63) is 29.3 Å². The van der Waals surface area contributed by atoms with Gasteiger partial charge in [-0.1, -0.05) is 6.07 Å². The Hall–Kier alpha value is -1.88. The maximum absolute atomic E-state index is 11.6. The second kappa shape index (κ2) is 6.76. The minimum atomic E-state index is -0.999. The first-order valence-electron chi connectivity index (χ1n) is 5.83.